The molecule has 0 amide bonds. The number of nitrogens with one attached hydrogen (secondary N) is 1. The van der Waals surface area contributed by atoms with Crippen molar-refractivity contribution in [1.82, 2.24) is 10.3 Å². The molecule has 0 radical (unpaired) electrons. The van der Waals surface area contributed by atoms with Crippen LogP contribution in [0.1, 0.15) is 23.5 Å². The van der Waals surface area contributed by atoms with Crippen molar-refractivity contribution < 1.29 is 4.74 Å². The van der Waals surface area contributed by atoms with E-state index in [0.717, 1.165) is 12.3 Å². The van der Waals surface area contributed by atoms with Crippen LogP contribution >= 0.6 is 0 Å². The number of benzene rings is 1. The van der Waals surface area contributed by atoms with Crippen LogP contribution in [-0.2, 0) is 6.42 Å². The van der Waals surface area contributed by atoms with E-state index in [1.54, 1.807) is 7.11 Å². The first-order valence-electron chi connectivity index (χ1n) is 7.53. The quantitative estimate of drug-likeness (QED) is 0.884. The Bertz CT molecular complexity index is 568. The lowest BCUT2D eigenvalue weighted by atomic mass is 10.00. The van der Waals surface area contributed by atoms with Crippen molar-refractivity contribution in [1.29, 1.82) is 0 Å². The van der Waals surface area contributed by atoms with Crippen LogP contribution in [0.15, 0.2) is 48.7 Å². The molecule has 1 heterocycles. The fourth-order valence-corrected chi connectivity index (χ4v) is 3.12. The van der Waals surface area contributed by atoms with Gasteiger partial charge in [0.15, 0.2) is 0 Å². The Hall–Kier alpha value is -1.87. The van der Waals surface area contributed by atoms with E-state index in [1.807, 2.05) is 12.3 Å². The number of hydrogen-bond donors (Lipinski definition) is 1. The third-order valence-electron chi connectivity index (χ3n) is 4.42. The number of rotatable bonds is 6. The number of nitrogens with zero attached hydrogens (tertiary/aromatic N) is 1. The van der Waals surface area contributed by atoms with Gasteiger partial charge in [0.2, 0.25) is 5.88 Å². The average molecular weight is 282 g/mol. The highest BCUT2D eigenvalue weighted by atomic mass is 16.5. The molecule has 1 fully saturated rings. The Morgan fingerprint density at radius 3 is 2.67 bits per heavy atom. The zero-order chi connectivity index (χ0) is 14.7. The molecule has 3 atom stereocenters. The van der Waals surface area contributed by atoms with E-state index >= 15 is 0 Å². The summed E-state index contributed by atoms with van der Waals surface area (Å²) in [5.74, 6) is 2.10. The van der Waals surface area contributed by atoms with Crippen LogP contribution in [0.2, 0.25) is 0 Å². The third-order valence-corrected chi connectivity index (χ3v) is 4.42. The maximum Gasteiger partial charge on any atom is 0.212 e. The summed E-state index contributed by atoms with van der Waals surface area (Å²) in [5.41, 5.74) is 2.73. The topological polar surface area (TPSA) is 34.1 Å². The lowest BCUT2D eigenvalue weighted by Crippen LogP contribution is -2.30. The first-order chi connectivity index (χ1) is 10.3. The van der Waals surface area contributed by atoms with E-state index in [1.165, 1.54) is 17.5 Å². The number of hydrogen-bond acceptors (Lipinski definition) is 3. The first-order valence-corrected chi connectivity index (χ1v) is 7.53. The van der Waals surface area contributed by atoms with Crippen molar-refractivity contribution in [3.63, 3.8) is 0 Å². The van der Waals surface area contributed by atoms with Gasteiger partial charge in [-0.1, -0.05) is 36.4 Å². The van der Waals surface area contributed by atoms with Gasteiger partial charge in [0, 0.05) is 18.3 Å². The minimum absolute atomic E-state index is 0.505. The van der Waals surface area contributed by atoms with Gasteiger partial charge in [-0.25, -0.2) is 4.98 Å². The van der Waals surface area contributed by atoms with Gasteiger partial charge in [-0.15, -0.1) is 0 Å². The van der Waals surface area contributed by atoms with Crippen LogP contribution < -0.4 is 10.1 Å². The van der Waals surface area contributed by atoms with Gasteiger partial charge in [-0.3, -0.25) is 0 Å². The van der Waals surface area contributed by atoms with E-state index < -0.39 is 0 Å². The summed E-state index contributed by atoms with van der Waals surface area (Å²) < 4.78 is 5.11. The number of aromatic nitrogens is 1. The molecule has 0 bridgehead atoms. The SMILES string of the molecule is CNC(Cc1ccc(OC)nc1)C1CC1c1ccccc1. The van der Waals surface area contributed by atoms with Crippen molar-refractivity contribution in [2.75, 3.05) is 14.2 Å². The third kappa shape index (κ3) is 3.24. The molecule has 1 aromatic heterocycles. The minimum Gasteiger partial charge on any atom is -0.481 e. The highest BCUT2D eigenvalue weighted by Crippen LogP contribution is 2.49. The smallest absolute Gasteiger partial charge is 0.212 e. The molecule has 0 saturated heterocycles. The summed E-state index contributed by atoms with van der Waals surface area (Å²) in [7, 11) is 3.70. The van der Waals surface area contributed by atoms with Gasteiger partial charge in [-0.05, 0) is 42.9 Å². The van der Waals surface area contributed by atoms with Crippen molar-refractivity contribution in [2.24, 2.45) is 5.92 Å². The average Bonchev–Trinajstić information content (AvgIpc) is 3.34. The summed E-state index contributed by atoms with van der Waals surface area (Å²) in [5, 5.41) is 3.48. The lowest BCUT2D eigenvalue weighted by molar-refractivity contribution is 0.397. The second kappa shape index (κ2) is 6.27. The lowest BCUT2D eigenvalue weighted by Gasteiger charge is -2.16. The molecule has 1 saturated carbocycles. The highest BCUT2D eigenvalue weighted by Gasteiger charge is 2.42. The Balaban J connectivity index is 1.64. The zero-order valence-corrected chi connectivity index (χ0v) is 12.6. The molecule has 0 spiro atoms. The predicted molar refractivity (Wildman–Crippen MR) is 84.6 cm³/mol. The maximum absolute atomic E-state index is 5.11. The standard InChI is InChI=1S/C18H22N2O/c1-19-17(10-13-8-9-18(21-2)20-12-13)16-11-15(16)14-6-4-3-5-7-14/h3-9,12,15-17,19H,10-11H2,1-2H3. The summed E-state index contributed by atoms with van der Waals surface area (Å²) in [6.45, 7) is 0. The summed E-state index contributed by atoms with van der Waals surface area (Å²) in [4.78, 5) is 4.29. The van der Waals surface area contributed by atoms with Crippen LogP contribution in [0, 0.1) is 5.92 Å². The molecule has 3 unspecified atom stereocenters. The highest BCUT2D eigenvalue weighted by molar-refractivity contribution is 5.28. The minimum atomic E-state index is 0.505. The van der Waals surface area contributed by atoms with E-state index in [-0.39, 0.29) is 0 Å². The summed E-state index contributed by atoms with van der Waals surface area (Å²) in [6.07, 6.45) is 4.21. The van der Waals surface area contributed by atoms with E-state index in [9.17, 15) is 0 Å². The Morgan fingerprint density at radius 1 is 1.24 bits per heavy atom. The molecular formula is C18H22N2O. The fourth-order valence-electron chi connectivity index (χ4n) is 3.12. The molecule has 1 N–H and O–H groups in total. The molecule has 0 aliphatic heterocycles. The second-order valence-electron chi connectivity index (χ2n) is 5.72. The Labute approximate surface area is 126 Å². The molecule has 110 valence electrons. The Morgan fingerprint density at radius 2 is 2.05 bits per heavy atom. The normalized spacial score (nSPS) is 21.8. The molecule has 1 aromatic carbocycles. The molecular weight excluding hydrogens is 260 g/mol. The molecule has 3 nitrogen and oxygen atoms in total. The number of methoxy groups -OCH3 is 1. The van der Waals surface area contributed by atoms with E-state index in [0.29, 0.717) is 17.8 Å². The fraction of sp³-hybridized carbons (Fsp3) is 0.389. The van der Waals surface area contributed by atoms with Gasteiger partial charge in [0.1, 0.15) is 0 Å². The summed E-state index contributed by atoms with van der Waals surface area (Å²) in [6, 6.07) is 15.4. The molecule has 3 heteroatoms. The molecule has 1 aliphatic rings. The largest absolute Gasteiger partial charge is 0.481 e. The van der Waals surface area contributed by atoms with Gasteiger partial charge < -0.3 is 10.1 Å². The van der Waals surface area contributed by atoms with Crippen molar-refractivity contribution in [2.45, 2.75) is 24.8 Å². The zero-order valence-electron chi connectivity index (χ0n) is 12.6. The van der Waals surface area contributed by atoms with Crippen molar-refractivity contribution in [3.05, 3.63) is 59.8 Å². The van der Waals surface area contributed by atoms with Gasteiger partial charge in [-0.2, -0.15) is 0 Å². The first kappa shape index (κ1) is 14.1. The van der Waals surface area contributed by atoms with Crippen LogP contribution in [-0.4, -0.2) is 25.2 Å². The van der Waals surface area contributed by atoms with Crippen molar-refractivity contribution >= 4 is 0 Å². The van der Waals surface area contributed by atoms with Gasteiger partial charge in [0.25, 0.3) is 0 Å². The van der Waals surface area contributed by atoms with Gasteiger partial charge in [0.05, 0.1) is 7.11 Å². The second-order valence-corrected chi connectivity index (χ2v) is 5.72. The number of likely N-dealkylation sites (N-methyl/N-ethyl adjacent to an activating group) is 1. The van der Waals surface area contributed by atoms with Gasteiger partial charge >= 0.3 is 0 Å². The number of pyridine rings is 1. The number of ether oxygens (including phenoxy) is 1. The van der Waals surface area contributed by atoms with Crippen LogP contribution in [0.4, 0.5) is 0 Å². The van der Waals surface area contributed by atoms with Crippen molar-refractivity contribution in [3.8, 4) is 5.88 Å². The van der Waals surface area contributed by atoms with E-state index in [2.05, 4.69) is 53.7 Å². The maximum atomic E-state index is 5.11. The van der Waals surface area contributed by atoms with Crippen LogP contribution in [0.25, 0.3) is 0 Å². The summed E-state index contributed by atoms with van der Waals surface area (Å²) >= 11 is 0. The molecule has 2 aromatic rings. The molecule has 21 heavy (non-hydrogen) atoms. The predicted octanol–water partition coefficient (Wildman–Crippen LogP) is 3.02. The van der Waals surface area contributed by atoms with Crippen LogP contribution in [0.3, 0.4) is 0 Å². The Kier molecular flexibility index (Phi) is 4.20. The monoisotopic (exact) mass is 282 g/mol. The molecule has 1 aliphatic carbocycles. The van der Waals surface area contributed by atoms with E-state index in [4.69, 9.17) is 4.74 Å². The molecule has 3 rings (SSSR count). The van der Waals surface area contributed by atoms with Crippen LogP contribution in [0.5, 0.6) is 5.88 Å².